The third kappa shape index (κ3) is 6.15. The third-order valence-corrected chi connectivity index (χ3v) is 5.29. The summed E-state index contributed by atoms with van der Waals surface area (Å²) in [6, 6.07) is 16.8. The first-order valence-corrected chi connectivity index (χ1v) is 10.4. The van der Waals surface area contributed by atoms with Gasteiger partial charge in [-0.25, -0.2) is 0 Å². The fourth-order valence-corrected chi connectivity index (χ4v) is 3.14. The first kappa shape index (κ1) is 23.6. The number of carbonyl (C=O) groups excluding carboxylic acids is 2. The molecule has 2 rings (SSSR count). The number of rotatable bonds is 9. The molecule has 0 unspecified atom stereocenters. The molecule has 0 aliphatic rings. The molecular formula is C24H34N4O2. The SMILES string of the molecule is CC(C)[C@H](N)C(=O)N[C@@H](c1ccccc1)[C@@H](NC(=O)[C@@H](N)C(C)C)c1ccccc1. The predicted octanol–water partition coefficient (Wildman–Crippen LogP) is 2.67. The van der Waals surface area contributed by atoms with Crippen molar-refractivity contribution in [3.05, 3.63) is 71.8 Å². The smallest absolute Gasteiger partial charge is 0.237 e. The zero-order valence-corrected chi connectivity index (χ0v) is 18.2. The second-order valence-electron chi connectivity index (χ2n) is 8.33. The van der Waals surface area contributed by atoms with E-state index in [-0.39, 0.29) is 23.7 Å². The minimum Gasteiger partial charge on any atom is -0.345 e. The van der Waals surface area contributed by atoms with Crippen LogP contribution in [0.15, 0.2) is 60.7 Å². The summed E-state index contributed by atoms with van der Waals surface area (Å²) in [5, 5.41) is 6.13. The molecule has 0 saturated heterocycles. The number of carbonyl (C=O) groups is 2. The maximum absolute atomic E-state index is 12.9. The second-order valence-corrected chi connectivity index (χ2v) is 8.33. The highest BCUT2D eigenvalue weighted by Gasteiger charge is 2.31. The molecule has 0 aliphatic carbocycles. The van der Waals surface area contributed by atoms with Gasteiger partial charge < -0.3 is 22.1 Å². The Kier molecular flexibility index (Phi) is 8.57. The maximum atomic E-state index is 12.9. The highest BCUT2D eigenvalue weighted by molar-refractivity contribution is 5.84. The van der Waals surface area contributed by atoms with Crippen molar-refractivity contribution in [3.63, 3.8) is 0 Å². The highest BCUT2D eigenvalue weighted by Crippen LogP contribution is 2.29. The summed E-state index contributed by atoms with van der Waals surface area (Å²) in [5.41, 5.74) is 13.9. The summed E-state index contributed by atoms with van der Waals surface area (Å²) in [6.07, 6.45) is 0. The molecule has 0 spiro atoms. The van der Waals surface area contributed by atoms with Crippen LogP contribution in [0.3, 0.4) is 0 Å². The molecule has 2 aromatic carbocycles. The summed E-state index contributed by atoms with van der Waals surface area (Å²) < 4.78 is 0. The minimum atomic E-state index is -0.652. The lowest BCUT2D eigenvalue weighted by atomic mass is 9.91. The van der Waals surface area contributed by atoms with E-state index in [4.69, 9.17) is 11.5 Å². The van der Waals surface area contributed by atoms with Crippen molar-refractivity contribution >= 4 is 11.8 Å². The van der Waals surface area contributed by atoms with E-state index in [2.05, 4.69) is 10.6 Å². The van der Waals surface area contributed by atoms with Gasteiger partial charge in [-0.05, 0) is 23.0 Å². The normalized spacial score (nSPS) is 15.3. The molecule has 162 valence electrons. The Hall–Kier alpha value is -2.70. The van der Waals surface area contributed by atoms with Crippen LogP contribution in [0.4, 0.5) is 0 Å². The van der Waals surface area contributed by atoms with Gasteiger partial charge in [-0.3, -0.25) is 9.59 Å². The van der Waals surface area contributed by atoms with Crippen molar-refractivity contribution in [1.82, 2.24) is 10.6 Å². The molecule has 0 bridgehead atoms. The molecule has 4 atom stereocenters. The summed E-state index contributed by atoms with van der Waals surface area (Å²) in [5.74, 6) is -0.550. The zero-order valence-electron chi connectivity index (χ0n) is 18.2. The van der Waals surface area contributed by atoms with E-state index in [0.29, 0.717) is 0 Å². The third-order valence-electron chi connectivity index (χ3n) is 5.29. The van der Waals surface area contributed by atoms with Crippen LogP contribution in [0, 0.1) is 11.8 Å². The first-order chi connectivity index (χ1) is 14.2. The van der Waals surface area contributed by atoms with Crippen molar-refractivity contribution in [1.29, 1.82) is 0 Å². The molecule has 0 radical (unpaired) electrons. The molecule has 2 aromatic rings. The zero-order chi connectivity index (χ0) is 22.3. The van der Waals surface area contributed by atoms with Crippen LogP contribution in [-0.4, -0.2) is 23.9 Å². The van der Waals surface area contributed by atoms with E-state index in [1.165, 1.54) is 0 Å². The lowest BCUT2D eigenvalue weighted by Crippen LogP contribution is -2.51. The van der Waals surface area contributed by atoms with Gasteiger partial charge in [-0.1, -0.05) is 88.4 Å². The van der Waals surface area contributed by atoms with Gasteiger partial charge in [0, 0.05) is 0 Å². The van der Waals surface area contributed by atoms with Gasteiger partial charge in [0.2, 0.25) is 11.8 Å². The fourth-order valence-electron chi connectivity index (χ4n) is 3.14. The molecule has 0 saturated carbocycles. The number of nitrogens with one attached hydrogen (secondary N) is 2. The largest absolute Gasteiger partial charge is 0.345 e. The van der Waals surface area contributed by atoms with Crippen LogP contribution in [0.25, 0.3) is 0 Å². The average molecular weight is 411 g/mol. The summed E-state index contributed by atoms with van der Waals surface area (Å²) >= 11 is 0. The Morgan fingerprint density at radius 2 is 0.933 bits per heavy atom. The van der Waals surface area contributed by atoms with Crippen LogP contribution in [0.2, 0.25) is 0 Å². The van der Waals surface area contributed by atoms with E-state index < -0.39 is 24.2 Å². The van der Waals surface area contributed by atoms with E-state index >= 15 is 0 Å². The van der Waals surface area contributed by atoms with Gasteiger partial charge >= 0.3 is 0 Å². The standard InChI is InChI=1S/C24H34N4O2/c1-15(2)19(25)23(29)27-21(17-11-7-5-8-12-17)22(18-13-9-6-10-14-18)28-24(30)20(26)16(3)4/h5-16,19-22H,25-26H2,1-4H3,(H,27,29)(H,28,30)/t19-,20-,21-,22-/m0/s1. The topological polar surface area (TPSA) is 110 Å². The highest BCUT2D eigenvalue weighted by atomic mass is 16.2. The molecule has 0 fully saturated rings. The van der Waals surface area contributed by atoms with Crippen LogP contribution in [0.5, 0.6) is 0 Å². The van der Waals surface area contributed by atoms with Crippen LogP contribution < -0.4 is 22.1 Å². The average Bonchev–Trinajstić information content (AvgIpc) is 2.75. The van der Waals surface area contributed by atoms with E-state index in [9.17, 15) is 9.59 Å². The predicted molar refractivity (Wildman–Crippen MR) is 120 cm³/mol. The molecule has 0 aromatic heterocycles. The Labute approximate surface area is 179 Å². The molecule has 6 N–H and O–H groups in total. The van der Waals surface area contributed by atoms with E-state index in [0.717, 1.165) is 11.1 Å². The van der Waals surface area contributed by atoms with Gasteiger partial charge in [0.05, 0.1) is 24.2 Å². The Morgan fingerprint density at radius 1 is 0.633 bits per heavy atom. The first-order valence-electron chi connectivity index (χ1n) is 10.4. The molecule has 6 nitrogen and oxygen atoms in total. The molecule has 0 aliphatic heterocycles. The Balaban J connectivity index is 2.46. The molecule has 2 amide bonds. The number of nitrogens with two attached hydrogens (primary N) is 2. The van der Waals surface area contributed by atoms with Crippen molar-refractivity contribution in [2.75, 3.05) is 0 Å². The second kappa shape index (κ2) is 10.9. The molecule has 0 heterocycles. The van der Waals surface area contributed by atoms with Crippen LogP contribution in [-0.2, 0) is 9.59 Å². The Morgan fingerprint density at radius 3 is 1.20 bits per heavy atom. The Bertz CT molecular complexity index is 739. The molecule has 30 heavy (non-hydrogen) atoms. The molecule has 6 heteroatoms. The van der Waals surface area contributed by atoms with Crippen LogP contribution in [0.1, 0.15) is 50.9 Å². The van der Waals surface area contributed by atoms with E-state index in [1.54, 1.807) is 0 Å². The lowest BCUT2D eigenvalue weighted by molar-refractivity contribution is -0.126. The van der Waals surface area contributed by atoms with Gasteiger partial charge in [-0.15, -0.1) is 0 Å². The molecular weight excluding hydrogens is 376 g/mol. The minimum absolute atomic E-state index is 0.0134. The van der Waals surface area contributed by atoms with E-state index in [1.807, 2.05) is 88.4 Å². The van der Waals surface area contributed by atoms with Crippen molar-refractivity contribution in [2.45, 2.75) is 51.9 Å². The fraction of sp³-hybridized carbons (Fsp3) is 0.417. The van der Waals surface area contributed by atoms with Gasteiger partial charge in [0.15, 0.2) is 0 Å². The van der Waals surface area contributed by atoms with Gasteiger partial charge in [-0.2, -0.15) is 0 Å². The number of benzene rings is 2. The summed E-state index contributed by atoms with van der Waals surface area (Å²) in [7, 11) is 0. The monoisotopic (exact) mass is 410 g/mol. The number of hydrogen-bond acceptors (Lipinski definition) is 4. The van der Waals surface area contributed by atoms with Crippen molar-refractivity contribution in [3.8, 4) is 0 Å². The quantitative estimate of drug-likeness (QED) is 0.509. The number of hydrogen-bond donors (Lipinski definition) is 4. The van der Waals surface area contributed by atoms with Crippen molar-refractivity contribution < 1.29 is 9.59 Å². The lowest BCUT2D eigenvalue weighted by Gasteiger charge is -2.32. The number of amides is 2. The van der Waals surface area contributed by atoms with Crippen molar-refractivity contribution in [2.24, 2.45) is 23.3 Å². The maximum Gasteiger partial charge on any atom is 0.237 e. The summed E-state index contributed by atoms with van der Waals surface area (Å²) in [6.45, 7) is 7.61. The van der Waals surface area contributed by atoms with Crippen LogP contribution >= 0.6 is 0 Å². The van der Waals surface area contributed by atoms with Gasteiger partial charge in [0.1, 0.15) is 0 Å². The van der Waals surface area contributed by atoms with Gasteiger partial charge in [0.25, 0.3) is 0 Å². The summed E-state index contributed by atoms with van der Waals surface area (Å²) in [4.78, 5) is 25.7.